The Morgan fingerprint density at radius 2 is 1.57 bits per heavy atom. The molecular formula is C13H14F5NO2. The number of hydrogen-bond donors (Lipinski definition) is 1. The standard InChI is InChI=1S/C13H14F5NO2/c1-20-5-21-6-3-2-4-19-13(6)7-8(14)10(16)12(18)11(17)9(7)15/h6,13,19H,2-5H2,1H3/t6-,13-/m1/s1. The highest BCUT2D eigenvalue weighted by Gasteiger charge is 2.36. The fourth-order valence-electron chi connectivity index (χ4n) is 2.38. The minimum Gasteiger partial charge on any atom is -0.359 e. The predicted octanol–water partition coefficient (Wildman–Crippen LogP) is 2.80. The minimum absolute atomic E-state index is 0.141. The van der Waals surface area contributed by atoms with Gasteiger partial charge in [0.15, 0.2) is 23.3 Å². The van der Waals surface area contributed by atoms with E-state index in [-0.39, 0.29) is 6.79 Å². The van der Waals surface area contributed by atoms with Crippen molar-refractivity contribution in [2.75, 3.05) is 20.4 Å². The zero-order valence-corrected chi connectivity index (χ0v) is 11.2. The normalized spacial score (nSPS) is 22.6. The van der Waals surface area contributed by atoms with Crippen LogP contribution in [0.2, 0.25) is 0 Å². The summed E-state index contributed by atoms with van der Waals surface area (Å²) in [5, 5.41) is 2.73. The molecule has 1 fully saturated rings. The monoisotopic (exact) mass is 311 g/mol. The molecule has 0 spiro atoms. The summed E-state index contributed by atoms with van der Waals surface area (Å²) in [4.78, 5) is 0. The Morgan fingerprint density at radius 1 is 1.00 bits per heavy atom. The second-order valence-electron chi connectivity index (χ2n) is 4.67. The Labute approximate surface area is 118 Å². The molecule has 2 atom stereocenters. The van der Waals surface area contributed by atoms with Crippen molar-refractivity contribution < 1.29 is 31.4 Å². The summed E-state index contributed by atoms with van der Waals surface area (Å²) in [6.45, 7) is 0.245. The smallest absolute Gasteiger partial charge is 0.200 e. The first-order valence-electron chi connectivity index (χ1n) is 6.34. The van der Waals surface area contributed by atoms with E-state index < -0.39 is 46.8 Å². The summed E-state index contributed by atoms with van der Waals surface area (Å²) >= 11 is 0. The number of rotatable bonds is 4. The van der Waals surface area contributed by atoms with E-state index >= 15 is 0 Å². The molecule has 8 heteroatoms. The molecule has 1 aliphatic rings. The Bertz CT molecular complexity index is 497. The Hall–Kier alpha value is -1.25. The van der Waals surface area contributed by atoms with Gasteiger partial charge in [-0.3, -0.25) is 0 Å². The first-order chi connectivity index (χ1) is 9.99. The maximum absolute atomic E-state index is 13.8. The molecule has 1 saturated heterocycles. The van der Waals surface area contributed by atoms with Gasteiger partial charge in [-0.1, -0.05) is 0 Å². The van der Waals surface area contributed by atoms with Crippen LogP contribution >= 0.6 is 0 Å². The maximum Gasteiger partial charge on any atom is 0.200 e. The van der Waals surface area contributed by atoms with Crippen molar-refractivity contribution in [2.24, 2.45) is 0 Å². The number of methoxy groups -OCH3 is 1. The van der Waals surface area contributed by atoms with E-state index in [1.54, 1.807) is 0 Å². The van der Waals surface area contributed by atoms with Gasteiger partial charge in [0.1, 0.15) is 6.79 Å². The molecule has 1 N–H and O–H groups in total. The highest BCUT2D eigenvalue weighted by molar-refractivity contribution is 5.28. The van der Waals surface area contributed by atoms with Crippen molar-refractivity contribution >= 4 is 0 Å². The summed E-state index contributed by atoms with van der Waals surface area (Å²) in [6.07, 6.45) is 0.327. The molecule has 0 bridgehead atoms. The van der Waals surface area contributed by atoms with Crippen molar-refractivity contribution in [3.63, 3.8) is 0 Å². The molecule has 1 aromatic carbocycles. The van der Waals surface area contributed by atoms with Gasteiger partial charge in [-0.05, 0) is 19.4 Å². The van der Waals surface area contributed by atoms with Gasteiger partial charge in [-0.2, -0.15) is 0 Å². The number of ether oxygens (including phenoxy) is 2. The summed E-state index contributed by atoms with van der Waals surface area (Å²) < 4.78 is 77.3. The number of benzene rings is 1. The first kappa shape index (κ1) is 16.1. The zero-order valence-electron chi connectivity index (χ0n) is 11.2. The van der Waals surface area contributed by atoms with Crippen LogP contribution in [-0.4, -0.2) is 26.6 Å². The van der Waals surface area contributed by atoms with E-state index in [4.69, 9.17) is 9.47 Å². The van der Waals surface area contributed by atoms with Crippen LogP contribution in [0.1, 0.15) is 24.4 Å². The third-order valence-corrected chi connectivity index (χ3v) is 3.36. The van der Waals surface area contributed by atoms with Crippen LogP contribution < -0.4 is 5.32 Å². The number of hydrogen-bond acceptors (Lipinski definition) is 3. The zero-order chi connectivity index (χ0) is 15.6. The second-order valence-corrected chi connectivity index (χ2v) is 4.67. The molecule has 0 radical (unpaired) electrons. The highest BCUT2D eigenvalue weighted by atomic mass is 19.2. The van der Waals surface area contributed by atoms with Crippen molar-refractivity contribution in [3.8, 4) is 0 Å². The van der Waals surface area contributed by atoms with Crippen LogP contribution in [0.4, 0.5) is 22.0 Å². The molecule has 3 nitrogen and oxygen atoms in total. The Morgan fingerprint density at radius 3 is 2.14 bits per heavy atom. The number of piperidine rings is 1. The van der Waals surface area contributed by atoms with Gasteiger partial charge in [-0.15, -0.1) is 0 Å². The quantitative estimate of drug-likeness (QED) is 0.401. The molecular weight excluding hydrogens is 297 g/mol. The van der Waals surface area contributed by atoms with Gasteiger partial charge in [0.2, 0.25) is 5.82 Å². The van der Waals surface area contributed by atoms with Crippen molar-refractivity contribution in [3.05, 3.63) is 34.6 Å². The van der Waals surface area contributed by atoms with Gasteiger partial charge in [0.25, 0.3) is 0 Å². The van der Waals surface area contributed by atoms with Crippen LogP contribution in [0.15, 0.2) is 0 Å². The second kappa shape index (κ2) is 6.67. The lowest BCUT2D eigenvalue weighted by Crippen LogP contribution is -2.41. The van der Waals surface area contributed by atoms with Gasteiger partial charge in [0.05, 0.1) is 12.1 Å². The number of halogens is 5. The van der Waals surface area contributed by atoms with E-state index in [1.165, 1.54) is 7.11 Å². The lowest BCUT2D eigenvalue weighted by atomic mass is 9.93. The van der Waals surface area contributed by atoms with Gasteiger partial charge in [-0.25, -0.2) is 22.0 Å². The molecule has 0 aliphatic carbocycles. The van der Waals surface area contributed by atoms with E-state index in [9.17, 15) is 22.0 Å². The third kappa shape index (κ3) is 3.02. The molecule has 2 rings (SSSR count). The van der Waals surface area contributed by atoms with Gasteiger partial charge >= 0.3 is 0 Å². The van der Waals surface area contributed by atoms with E-state index in [1.807, 2.05) is 0 Å². The van der Waals surface area contributed by atoms with Gasteiger partial charge in [0, 0.05) is 12.7 Å². The molecule has 21 heavy (non-hydrogen) atoms. The lowest BCUT2D eigenvalue weighted by molar-refractivity contribution is -0.0931. The molecule has 0 amide bonds. The minimum atomic E-state index is -2.17. The Kier molecular flexibility index (Phi) is 5.13. The van der Waals surface area contributed by atoms with Crippen LogP contribution in [0.3, 0.4) is 0 Å². The van der Waals surface area contributed by atoms with Crippen LogP contribution in [0.5, 0.6) is 0 Å². The highest BCUT2D eigenvalue weighted by Crippen LogP contribution is 2.33. The molecule has 1 heterocycles. The summed E-state index contributed by atoms with van der Waals surface area (Å²) in [7, 11) is 1.36. The summed E-state index contributed by atoms with van der Waals surface area (Å²) in [6, 6.07) is -1.13. The van der Waals surface area contributed by atoms with Crippen LogP contribution in [0.25, 0.3) is 0 Å². The predicted molar refractivity (Wildman–Crippen MR) is 63.0 cm³/mol. The molecule has 1 aliphatic heterocycles. The molecule has 1 aromatic rings. The van der Waals surface area contributed by atoms with Gasteiger partial charge < -0.3 is 14.8 Å². The third-order valence-electron chi connectivity index (χ3n) is 3.36. The molecule has 0 saturated carbocycles. The molecule has 0 aromatic heterocycles. The van der Waals surface area contributed by atoms with E-state index in [0.29, 0.717) is 19.4 Å². The molecule has 118 valence electrons. The van der Waals surface area contributed by atoms with Crippen molar-refractivity contribution in [1.29, 1.82) is 0 Å². The fraction of sp³-hybridized carbons (Fsp3) is 0.538. The maximum atomic E-state index is 13.8. The van der Waals surface area contributed by atoms with E-state index in [2.05, 4.69) is 5.32 Å². The average Bonchev–Trinajstić information content (AvgIpc) is 2.50. The topological polar surface area (TPSA) is 30.5 Å². The van der Waals surface area contributed by atoms with Crippen molar-refractivity contribution in [2.45, 2.75) is 25.0 Å². The summed E-state index contributed by atoms with van der Waals surface area (Å²) in [5.41, 5.74) is -0.896. The fourth-order valence-corrected chi connectivity index (χ4v) is 2.38. The molecule has 0 unspecified atom stereocenters. The van der Waals surface area contributed by atoms with Crippen LogP contribution in [-0.2, 0) is 9.47 Å². The van der Waals surface area contributed by atoms with Crippen LogP contribution in [0, 0.1) is 29.1 Å². The lowest BCUT2D eigenvalue weighted by Gasteiger charge is -2.33. The summed E-state index contributed by atoms with van der Waals surface area (Å²) in [5.74, 6) is -9.75. The SMILES string of the molecule is COCO[C@@H]1CCCN[C@H]1c1c(F)c(F)c(F)c(F)c1F. The van der Waals surface area contributed by atoms with Crippen molar-refractivity contribution in [1.82, 2.24) is 5.32 Å². The Balaban J connectivity index is 2.43. The largest absolute Gasteiger partial charge is 0.359 e. The number of nitrogens with one attached hydrogen (secondary N) is 1. The average molecular weight is 311 g/mol. The van der Waals surface area contributed by atoms with E-state index in [0.717, 1.165) is 0 Å². The first-order valence-corrected chi connectivity index (χ1v) is 6.34.